The van der Waals surface area contributed by atoms with Crippen molar-refractivity contribution in [1.29, 1.82) is 0 Å². The van der Waals surface area contributed by atoms with Crippen LogP contribution in [0.4, 0.5) is 17.3 Å². The highest BCUT2D eigenvalue weighted by atomic mass is 16.5. The Kier molecular flexibility index (Phi) is 6.58. The van der Waals surface area contributed by atoms with Crippen molar-refractivity contribution in [2.75, 3.05) is 23.8 Å². The van der Waals surface area contributed by atoms with E-state index < -0.39 is 5.54 Å². The number of aliphatic hydroxyl groups excluding tert-OH is 1. The number of rotatable bonds is 9. The van der Waals surface area contributed by atoms with Gasteiger partial charge in [-0.1, -0.05) is 42.4 Å². The van der Waals surface area contributed by atoms with Crippen LogP contribution in [-0.4, -0.2) is 49.2 Å². The van der Waals surface area contributed by atoms with Gasteiger partial charge in [0.15, 0.2) is 6.33 Å². The minimum Gasteiger partial charge on any atom is -0.394 e. The molecule has 0 unspecified atom stereocenters. The third-order valence-corrected chi connectivity index (χ3v) is 6.54. The maximum Gasteiger partial charge on any atom is 0.261 e. The summed E-state index contributed by atoms with van der Waals surface area (Å²) in [5.41, 5.74) is 3.03. The van der Waals surface area contributed by atoms with E-state index in [1.807, 2.05) is 55.1 Å². The summed E-state index contributed by atoms with van der Waals surface area (Å²) in [4.78, 5) is 28.3. The van der Waals surface area contributed by atoms with Crippen LogP contribution < -0.4 is 10.6 Å². The molecular formula is C27H29N7O3. The van der Waals surface area contributed by atoms with Gasteiger partial charge in [0.05, 0.1) is 40.7 Å². The van der Waals surface area contributed by atoms with Crippen molar-refractivity contribution in [1.82, 2.24) is 25.0 Å². The van der Waals surface area contributed by atoms with Crippen LogP contribution in [0, 0.1) is 0 Å². The van der Waals surface area contributed by atoms with Gasteiger partial charge >= 0.3 is 0 Å². The van der Waals surface area contributed by atoms with Crippen molar-refractivity contribution >= 4 is 23.2 Å². The standard InChI is InChI=1S/C27H29N7O3/c1-4-12-34-26(36)18-10-11-22(33-24(18)27(34,2)3)32-23-13-20(19(14-28-23)25-29-16-30-37-25)31-21(15-35)17-8-6-5-7-9-17/h5-11,13-14,16,21,35H,4,12,15H2,1-3H3,(H2,28,31,32,33)/t21-/m1/s1. The summed E-state index contributed by atoms with van der Waals surface area (Å²) in [5.74, 6) is 1.41. The van der Waals surface area contributed by atoms with E-state index in [9.17, 15) is 9.90 Å². The summed E-state index contributed by atoms with van der Waals surface area (Å²) in [5, 5.41) is 20.4. The topological polar surface area (TPSA) is 129 Å². The molecule has 1 amide bonds. The van der Waals surface area contributed by atoms with Crippen molar-refractivity contribution in [2.45, 2.75) is 38.8 Å². The van der Waals surface area contributed by atoms with Gasteiger partial charge in [0.1, 0.15) is 11.6 Å². The minimum atomic E-state index is -0.508. The van der Waals surface area contributed by atoms with Crippen molar-refractivity contribution < 1.29 is 14.4 Å². The van der Waals surface area contributed by atoms with Crippen LogP contribution in [0.3, 0.4) is 0 Å². The van der Waals surface area contributed by atoms with Gasteiger partial charge in [-0.2, -0.15) is 4.98 Å². The Balaban J connectivity index is 1.47. The highest BCUT2D eigenvalue weighted by Gasteiger charge is 2.43. The van der Waals surface area contributed by atoms with E-state index in [1.54, 1.807) is 18.3 Å². The molecule has 1 atom stereocenters. The van der Waals surface area contributed by atoms with Crippen LogP contribution in [-0.2, 0) is 5.54 Å². The van der Waals surface area contributed by atoms with Crippen molar-refractivity contribution in [3.05, 3.63) is 77.9 Å². The van der Waals surface area contributed by atoms with Crippen LogP contribution >= 0.6 is 0 Å². The molecule has 4 heterocycles. The SMILES string of the molecule is CCCN1C(=O)c2ccc(Nc3cc(N[C@H](CO)c4ccccc4)c(-c4ncno4)cn3)nc2C1(C)C. The van der Waals surface area contributed by atoms with Gasteiger partial charge in [-0.25, -0.2) is 9.97 Å². The first-order chi connectivity index (χ1) is 17.9. The Hall–Kier alpha value is -4.31. The molecule has 0 saturated heterocycles. The molecule has 0 spiro atoms. The fourth-order valence-corrected chi connectivity index (χ4v) is 4.64. The third kappa shape index (κ3) is 4.63. The van der Waals surface area contributed by atoms with Gasteiger partial charge in [0, 0.05) is 18.8 Å². The number of aromatic nitrogens is 4. The Labute approximate surface area is 214 Å². The first kappa shape index (κ1) is 24.4. The minimum absolute atomic E-state index is 0.00498. The summed E-state index contributed by atoms with van der Waals surface area (Å²) in [7, 11) is 0. The predicted molar refractivity (Wildman–Crippen MR) is 139 cm³/mol. The van der Waals surface area contributed by atoms with Crippen molar-refractivity contribution in [3.63, 3.8) is 0 Å². The Morgan fingerprint density at radius 3 is 2.59 bits per heavy atom. The summed E-state index contributed by atoms with van der Waals surface area (Å²) in [6.45, 7) is 6.64. The molecule has 0 saturated carbocycles. The van der Waals surface area contributed by atoms with Crippen molar-refractivity contribution in [2.24, 2.45) is 0 Å². The van der Waals surface area contributed by atoms with E-state index >= 15 is 0 Å². The molecule has 3 aromatic heterocycles. The molecule has 10 nitrogen and oxygen atoms in total. The Morgan fingerprint density at radius 1 is 1.08 bits per heavy atom. The summed E-state index contributed by atoms with van der Waals surface area (Å²) < 4.78 is 5.28. The molecule has 1 aliphatic rings. The molecule has 5 rings (SSSR count). The summed E-state index contributed by atoms with van der Waals surface area (Å²) >= 11 is 0. The number of hydrogen-bond donors (Lipinski definition) is 3. The summed E-state index contributed by atoms with van der Waals surface area (Å²) in [6, 6.07) is 14.7. The van der Waals surface area contributed by atoms with Gasteiger partial charge in [0.25, 0.3) is 11.8 Å². The summed E-state index contributed by atoms with van der Waals surface area (Å²) in [6.07, 6.45) is 3.82. The highest BCUT2D eigenvalue weighted by Crippen LogP contribution is 2.38. The first-order valence-electron chi connectivity index (χ1n) is 12.2. The molecular weight excluding hydrogens is 470 g/mol. The quantitative estimate of drug-likeness (QED) is 0.304. The van der Waals surface area contributed by atoms with Crippen LogP contribution in [0.2, 0.25) is 0 Å². The van der Waals surface area contributed by atoms with Crippen LogP contribution in [0.15, 0.2) is 65.6 Å². The molecule has 3 N–H and O–H groups in total. The molecule has 0 bridgehead atoms. The zero-order valence-corrected chi connectivity index (χ0v) is 21.0. The zero-order chi connectivity index (χ0) is 26.0. The number of pyridine rings is 2. The third-order valence-electron chi connectivity index (χ3n) is 6.54. The molecule has 0 aliphatic carbocycles. The van der Waals surface area contributed by atoms with E-state index in [-0.39, 0.29) is 18.6 Å². The van der Waals surface area contributed by atoms with Crippen LogP contribution in [0.1, 0.15) is 54.8 Å². The Bertz CT molecular complexity index is 1390. The molecule has 0 radical (unpaired) electrons. The lowest BCUT2D eigenvalue weighted by Gasteiger charge is -2.31. The molecule has 4 aromatic rings. The smallest absolute Gasteiger partial charge is 0.261 e. The largest absolute Gasteiger partial charge is 0.394 e. The Morgan fingerprint density at radius 2 is 1.89 bits per heavy atom. The number of aliphatic hydroxyl groups is 1. The number of fused-ring (bicyclic) bond motifs is 1. The second-order valence-corrected chi connectivity index (χ2v) is 9.39. The van der Waals surface area contributed by atoms with Crippen LogP contribution in [0.25, 0.3) is 11.5 Å². The number of amides is 1. The van der Waals surface area contributed by atoms with Gasteiger partial charge in [-0.05, 0) is 38.0 Å². The van der Waals surface area contributed by atoms with E-state index in [4.69, 9.17) is 9.51 Å². The van der Waals surface area contributed by atoms with E-state index in [2.05, 4.69) is 32.7 Å². The van der Waals surface area contributed by atoms with Gasteiger partial charge in [-0.15, -0.1) is 0 Å². The fourth-order valence-electron chi connectivity index (χ4n) is 4.64. The maximum atomic E-state index is 12.9. The van der Waals surface area contributed by atoms with Gasteiger partial charge in [-0.3, -0.25) is 4.79 Å². The number of nitrogens with zero attached hydrogens (tertiary/aromatic N) is 5. The maximum absolute atomic E-state index is 12.9. The molecule has 190 valence electrons. The second kappa shape index (κ2) is 9.98. The number of hydrogen-bond acceptors (Lipinski definition) is 9. The average Bonchev–Trinajstić information content (AvgIpc) is 3.50. The fraction of sp³-hybridized carbons (Fsp3) is 0.296. The van der Waals surface area contributed by atoms with Gasteiger partial charge in [0.2, 0.25) is 0 Å². The second-order valence-electron chi connectivity index (χ2n) is 9.39. The van der Waals surface area contributed by atoms with Crippen molar-refractivity contribution in [3.8, 4) is 11.5 Å². The number of carbonyl (C=O) groups is 1. The van der Waals surface area contributed by atoms with E-state index in [0.29, 0.717) is 40.9 Å². The zero-order valence-electron chi connectivity index (χ0n) is 21.0. The lowest BCUT2D eigenvalue weighted by atomic mass is 9.99. The van der Waals surface area contributed by atoms with Gasteiger partial charge < -0.3 is 25.2 Å². The first-order valence-corrected chi connectivity index (χ1v) is 12.2. The lowest BCUT2D eigenvalue weighted by molar-refractivity contribution is 0.0615. The molecule has 10 heteroatoms. The van der Waals surface area contributed by atoms with E-state index in [1.165, 1.54) is 6.33 Å². The molecule has 1 aromatic carbocycles. The predicted octanol–water partition coefficient (Wildman–Crippen LogP) is 4.52. The number of anilines is 3. The number of nitrogens with one attached hydrogen (secondary N) is 2. The molecule has 0 fully saturated rings. The van der Waals surface area contributed by atoms with E-state index in [0.717, 1.165) is 17.7 Å². The molecule has 37 heavy (non-hydrogen) atoms. The van der Waals surface area contributed by atoms with Crippen LogP contribution in [0.5, 0.6) is 0 Å². The number of carbonyl (C=O) groups excluding carboxylic acids is 1. The monoisotopic (exact) mass is 499 g/mol. The lowest BCUT2D eigenvalue weighted by Crippen LogP contribution is -2.39. The normalized spacial score (nSPS) is 14.9. The highest BCUT2D eigenvalue weighted by molar-refractivity contribution is 5.99. The molecule has 1 aliphatic heterocycles. The number of benzene rings is 1. The average molecular weight is 500 g/mol.